The minimum absolute atomic E-state index is 0.0211. The van der Waals surface area contributed by atoms with Crippen LogP contribution in [0, 0.1) is 0 Å². The van der Waals surface area contributed by atoms with Gasteiger partial charge in [0, 0.05) is 25.4 Å². The molecule has 0 radical (unpaired) electrons. The molecule has 1 aliphatic carbocycles. The Hall–Kier alpha value is -1.10. The van der Waals surface area contributed by atoms with E-state index in [1.807, 2.05) is 0 Å². The van der Waals surface area contributed by atoms with Gasteiger partial charge in [-0.15, -0.1) is 0 Å². The second kappa shape index (κ2) is 7.27. The summed E-state index contributed by atoms with van der Waals surface area (Å²) in [5, 5.41) is 17.5. The van der Waals surface area contributed by atoms with Gasteiger partial charge in [-0.3, -0.25) is 9.59 Å². The molecule has 1 amide bonds. The molecule has 5 nitrogen and oxygen atoms in total. The summed E-state index contributed by atoms with van der Waals surface area (Å²) >= 11 is 0. The molecular weight excluding hydrogens is 222 g/mol. The minimum Gasteiger partial charge on any atom is -0.481 e. The van der Waals surface area contributed by atoms with E-state index in [0.717, 1.165) is 25.7 Å². The Labute approximate surface area is 101 Å². The molecule has 1 saturated carbocycles. The molecule has 17 heavy (non-hydrogen) atoms. The number of carbonyl (C=O) groups excluding carboxylic acids is 1. The topological polar surface area (TPSA) is 77.8 Å². The van der Waals surface area contributed by atoms with Crippen molar-refractivity contribution in [2.24, 2.45) is 0 Å². The van der Waals surface area contributed by atoms with Crippen LogP contribution in [0.4, 0.5) is 0 Å². The van der Waals surface area contributed by atoms with E-state index < -0.39 is 5.97 Å². The second-order valence-corrected chi connectivity index (χ2v) is 4.50. The molecule has 0 saturated heterocycles. The van der Waals surface area contributed by atoms with Crippen LogP contribution >= 0.6 is 0 Å². The van der Waals surface area contributed by atoms with Gasteiger partial charge in [0.05, 0.1) is 6.61 Å². The number of amides is 1. The van der Waals surface area contributed by atoms with Gasteiger partial charge in [0.15, 0.2) is 0 Å². The summed E-state index contributed by atoms with van der Waals surface area (Å²) in [4.78, 5) is 24.0. The Morgan fingerprint density at radius 2 is 1.82 bits per heavy atom. The highest BCUT2D eigenvalue weighted by Gasteiger charge is 2.25. The van der Waals surface area contributed by atoms with Crippen LogP contribution in [0.15, 0.2) is 0 Å². The number of aliphatic carboxylic acids is 1. The second-order valence-electron chi connectivity index (χ2n) is 4.50. The van der Waals surface area contributed by atoms with Gasteiger partial charge < -0.3 is 15.1 Å². The largest absolute Gasteiger partial charge is 0.481 e. The van der Waals surface area contributed by atoms with Gasteiger partial charge in [-0.2, -0.15) is 0 Å². The Balaban J connectivity index is 2.39. The van der Waals surface area contributed by atoms with Crippen molar-refractivity contribution in [3.8, 4) is 0 Å². The summed E-state index contributed by atoms with van der Waals surface area (Å²) < 4.78 is 0. The van der Waals surface area contributed by atoms with E-state index in [-0.39, 0.29) is 31.4 Å². The number of aliphatic hydroxyl groups excluding tert-OH is 1. The van der Waals surface area contributed by atoms with Crippen molar-refractivity contribution < 1.29 is 19.8 Å². The number of carbonyl (C=O) groups is 2. The first-order valence-corrected chi connectivity index (χ1v) is 6.27. The van der Waals surface area contributed by atoms with E-state index in [1.165, 1.54) is 0 Å². The van der Waals surface area contributed by atoms with Crippen molar-refractivity contribution in [2.75, 3.05) is 13.2 Å². The average molecular weight is 243 g/mol. The van der Waals surface area contributed by atoms with Crippen molar-refractivity contribution in [2.45, 2.75) is 51.0 Å². The summed E-state index contributed by atoms with van der Waals surface area (Å²) in [7, 11) is 0. The summed E-state index contributed by atoms with van der Waals surface area (Å²) in [6.45, 7) is 0.345. The van der Waals surface area contributed by atoms with Crippen LogP contribution in [0.25, 0.3) is 0 Å². The molecule has 0 unspecified atom stereocenters. The molecule has 0 bridgehead atoms. The lowest BCUT2D eigenvalue weighted by molar-refractivity contribution is -0.137. The maximum absolute atomic E-state index is 11.9. The number of hydrogen-bond acceptors (Lipinski definition) is 3. The van der Waals surface area contributed by atoms with Crippen molar-refractivity contribution >= 4 is 11.9 Å². The van der Waals surface area contributed by atoms with Gasteiger partial charge in [0.2, 0.25) is 5.91 Å². The van der Waals surface area contributed by atoms with Crippen LogP contribution in [0.1, 0.15) is 44.9 Å². The van der Waals surface area contributed by atoms with E-state index in [2.05, 4.69) is 0 Å². The molecule has 1 rings (SSSR count). The average Bonchev–Trinajstić information content (AvgIpc) is 2.78. The number of carboxylic acids is 1. The highest BCUT2D eigenvalue weighted by atomic mass is 16.4. The molecule has 2 N–H and O–H groups in total. The highest BCUT2D eigenvalue weighted by molar-refractivity contribution is 5.77. The number of aliphatic hydroxyl groups is 1. The van der Waals surface area contributed by atoms with Gasteiger partial charge >= 0.3 is 5.97 Å². The monoisotopic (exact) mass is 243 g/mol. The fourth-order valence-corrected chi connectivity index (χ4v) is 2.37. The lowest BCUT2D eigenvalue weighted by atomic mass is 10.1. The van der Waals surface area contributed by atoms with Crippen molar-refractivity contribution in [3.05, 3.63) is 0 Å². The van der Waals surface area contributed by atoms with Crippen LogP contribution in [0.5, 0.6) is 0 Å². The molecule has 0 heterocycles. The Morgan fingerprint density at radius 1 is 1.18 bits per heavy atom. The van der Waals surface area contributed by atoms with Gasteiger partial charge in [-0.1, -0.05) is 12.8 Å². The van der Waals surface area contributed by atoms with E-state index in [0.29, 0.717) is 13.0 Å². The summed E-state index contributed by atoms with van der Waals surface area (Å²) in [5.41, 5.74) is 0. The van der Waals surface area contributed by atoms with E-state index in [4.69, 9.17) is 10.2 Å². The number of hydrogen-bond donors (Lipinski definition) is 2. The quantitative estimate of drug-likeness (QED) is 0.699. The summed E-state index contributed by atoms with van der Waals surface area (Å²) in [6, 6.07) is 0.250. The van der Waals surface area contributed by atoms with Crippen LogP contribution in [0.2, 0.25) is 0 Å². The highest BCUT2D eigenvalue weighted by Crippen LogP contribution is 2.24. The third kappa shape index (κ3) is 4.73. The first-order valence-electron chi connectivity index (χ1n) is 6.27. The maximum atomic E-state index is 11.9. The zero-order valence-corrected chi connectivity index (χ0v) is 10.1. The third-order valence-electron chi connectivity index (χ3n) is 3.21. The van der Waals surface area contributed by atoms with Crippen LogP contribution in [-0.4, -0.2) is 46.2 Å². The third-order valence-corrected chi connectivity index (χ3v) is 3.21. The van der Waals surface area contributed by atoms with Crippen molar-refractivity contribution in [1.29, 1.82) is 0 Å². The predicted octanol–water partition coefficient (Wildman–Crippen LogP) is 1.00. The minimum atomic E-state index is -0.868. The van der Waals surface area contributed by atoms with Gasteiger partial charge in [0.1, 0.15) is 0 Å². The van der Waals surface area contributed by atoms with Gasteiger partial charge in [-0.25, -0.2) is 0 Å². The Bertz CT molecular complexity index is 261. The van der Waals surface area contributed by atoms with Crippen molar-refractivity contribution in [3.63, 3.8) is 0 Å². The standard InChI is InChI=1S/C12H21NO4/c14-9-8-13(10-4-1-2-5-10)11(15)6-3-7-12(16)17/h10,14H,1-9H2,(H,16,17). The lowest BCUT2D eigenvalue weighted by Gasteiger charge is -2.28. The van der Waals surface area contributed by atoms with Gasteiger partial charge in [0.25, 0.3) is 0 Å². The molecule has 5 heteroatoms. The molecule has 0 aromatic rings. The first-order chi connectivity index (χ1) is 8.15. The molecule has 0 aromatic heterocycles. The van der Waals surface area contributed by atoms with Crippen LogP contribution < -0.4 is 0 Å². The number of nitrogens with zero attached hydrogens (tertiary/aromatic N) is 1. The first kappa shape index (κ1) is 14.0. The van der Waals surface area contributed by atoms with Gasteiger partial charge in [-0.05, 0) is 19.3 Å². The molecule has 0 spiro atoms. The Kier molecular flexibility index (Phi) is 5.97. The lowest BCUT2D eigenvalue weighted by Crippen LogP contribution is -2.40. The SMILES string of the molecule is O=C(O)CCCC(=O)N(CCO)C1CCCC1. The molecule has 0 aromatic carbocycles. The smallest absolute Gasteiger partial charge is 0.303 e. The normalized spacial score (nSPS) is 16.1. The van der Waals surface area contributed by atoms with Crippen LogP contribution in [0.3, 0.4) is 0 Å². The summed E-state index contributed by atoms with van der Waals surface area (Å²) in [5.74, 6) is -0.889. The summed E-state index contributed by atoms with van der Waals surface area (Å²) in [6.07, 6.45) is 4.95. The Morgan fingerprint density at radius 3 is 2.35 bits per heavy atom. The molecule has 1 fully saturated rings. The van der Waals surface area contributed by atoms with E-state index in [9.17, 15) is 9.59 Å². The fraction of sp³-hybridized carbons (Fsp3) is 0.833. The molecule has 0 atom stereocenters. The van der Waals surface area contributed by atoms with Crippen molar-refractivity contribution in [1.82, 2.24) is 4.90 Å². The molecule has 0 aliphatic heterocycles. The number of rotatable bonds is 7. The van der Waals surface area contributed by atoms with E-state index in [1.54, 1.807) is 4.90 Å². The predicted molar refractivity (Wildman–Crippen MR) is 62.5 cm³/mol. The molecule has 1 aliphatic rings. The zero-order chi connectivity index (χ0) is 12.7. The maximum Gasteiger partial charge on any atom is 0.303 e. The zero-order valence-electron chi connectivity index (χ0n) is 10.1. The molecule has 98 valence electrons. The number of carboxylic acid groups (broad SMARTS) is 1. The fourth-order valence-electron chi connectivity index (χ4n) is 2.37. The van der Waals surface area contributed by atoms with Crippen LogP contribution in [-0.2, 0) is 9.59 Å². The molecular formula is C12H21NO4. The van der Waals surface area contributed by atoms with E-state index >= 15 is 0 Å².